The number of rotatable bonds is 5. The second kappa shape index (κ2) is 6.69. The van der Waals surface area contributed by atoms with Gasteiger partial charge in [-0.25, -0.2) is 0 Å². The van der Waals surface area contributed by atoms with E-state index in [4.69, 9.17) is 4.74 Å². The molecule has 0 amide bonds. The summed E-state index contributed by atoms with van der Waals surface area (Å²) in [6.07, 6.45) is 8.73. The number of hydrogen-bond acceptors (Lipinski definition) is 2. The van der Waals surface area contributed by atoms with Crippen LogP contribution in [0.15, 0.2) is 77.1 Å². The van der Waals surface area contributed by atoms with Crippen molar-refractivity contribution in [1.82, 2.24) is 9.97 Å². The van der Waals surface area contributed by atoms with Crippen molar-refractivity contribution in [3.05, 3.63) is 83.3 Å². The Morgan fingerprint density at radius 1 is 1.08 bits per heavy atom. The first-order chi connectivity index (χ1) is 12.3. The Hall–Kier alpha value is -3.27. The smallest absolute Gasteiger partial charge is 0.144 e. The van der Waals surface area contributed by atoms with Gasteiger partial charge in [-0.15, -0.1) is 0 Å². The van der Waals surface area contributed by atoms with Crippen LogP contribution in [0.4, 0.5) is 0 Å². The molecule has 3 heterocycles. The van der Waals surface area contributed by atoms with Gasteiger partial charge in [-0.3, -0.25) is 4.99 Å². The minimum atomic E-state index is 0.804. The number of aromatic amines is 2. The summed E-state index contributed by atoms with van der Waals surface area (Å²) in [5.41, 5.74) is 6.37. The molecule has 0 unspecified atom stereocenters. The van der Waals surface area contributed by atoms with Gasteiger partial charge in [0.1, 0.15) is 5.75 Å². The first-order valence-electron chi connectivity index (χ1n) is 8.23. The maximum atomic E-state index is 5.53. The highest BCUT2D eigenvalue weighted by Crippen LogP contribution is 2.30. The summed E-state index contributed by atoms with van der Waals surface area (Å²) in [6, 6.07) is 16.4. The minimum absolute atomic E-state index is 0.804. The number of methoxy groups -OCH3 is 1. The summed E-state index contributed by atoms with van der Waals surface area (Å²) in [4.78, 5) is 11.1. The van der Waals surface area contributed by atoms with Crippen molar-refractivity contribution in [2.75, 3.05) is 7.11 Å². The number of ether oxygens (including phenoxy) is 1. The van der Waals surface area contributed by atoms with Crippen LogP contribution in [0.2, 0.25) is 0 Å². The molecule has 4 heteroatoms. The van der Waals surface area contributed by atoms with Crippen LogP contribution < -0.4 is 4.74 Å². The second-order valence-electron chi connectivity index (χ2n) is 5.91. The maximum absolute atomic E-state index is 5.53. The van der Waals surface area contributed by atoms with Gasteiger partial charge in [0.2, 0.25) is 0 Å². The molecule has 0 saturated heterocycles. The predicted molar refractivity (Wildman–Crippen MR) is 102 cm³/mol. The van der Waals surface area contributed by atoms with Crippen molar-refractivity contribution >= 4 is 12.3 Å². The molecule has 124 valence electrons. The lowest BCUT2D eigenvalue weighted by Gasteiger charge is -2.05. The van der Waals surface area contributed by atoms with Crippen LogP contribution in [0.3, 0.4) is 0 Å². The molecule has 25 heavy (non-hydrogen) atoms. The van der Waals surface area contributed by atoms with E-state index < -0.39 is 0 Å². The number of H-pyrrole nitrogens is 2. The fourth-order valence-electron chi connectivity index (χ4n) is 2.98. The van der Waals surface area contributed by atoms with Crippen molar-refractivity contribution in [1.29, 1.82) is 0 Å². The molecule has 4 nitrogen and oxygen atoms in total. The lowest BCUT2D eigenvalue weighted by Crippen LogP contribution is -1.91. The van der Waals surface area contributed by atoms with Crippen LogP contribution in [0.25, 0.3) is 17.5 Å². The Bertz CT molecular complexity index is 944. The monoisotopic (exact) mass is 329 g/mol. The van der Waals surface area contributed by atoms with E-state index in [0.29, 0.717) is 0 Å². The van der Waals surface area contributed by atoms with Gasteiger partial charge in [-0.2, -0.15) is 0 Å². The molecule has 2 aromatic heterocycles. The maximum Gasteiger partial charge on any atom is 0.144 e. The molecule has 0 atom stereocenters. The summed E-state index contributed by atoms with van der Waals surface area (Å²) in [5.74, 6) is 0.804. The van der Waals surface area contributed by atoms with E-state index >= 15 is 0 Å². The summed E-state index contributed by atoms with van der Waals surface area (Å²) >= 11 is 0. The number of nitrogens with zero attached hydrogens (tertiary/aromatic N) is 1. The molecule has 1 aromatic carbocycles. The minimum Gasteiger partial charge on any atom is -0.494 e. The molecule has 0 aliphatic carbocycles. The normalized spacial score (nSPS) is 14.9. The molecule has 0 bridgehead atoms. The van der Waals surface area contributed by atoms with Crippen LogP contribution in [-0.4, -0.2) is 23.3 Å². The fourth-order valence-corrected chi connectivity index (χ4v) is 2.98. The van der Waals surface area contributed by atoms with Crippen molar-refractivity contribution in [2.24, 2.45) is 4.99 Å². The Kier molecular flexibility index (Phi) is 4.09. The van der Waals surface area contributed by atoms with Crippen LogP contribution in [0, 0.1) is 0 Å². The number of hydrogen-bond donors (Lipinski definition) is 2. The first kappa shape index (κ1) is 15.3. The SMILES string of the molecule is COc1cc(-c2ccc[nH]2)[nH]c1C=C1N=CC=C1Cc1ccccc1. The standard InChI is InChI=1S/C21H19N3O/c1-25-21-14-19(17-8-5-10-22-17)24-20(21)13-18-16(9-11-23-18)12-15-6-3-2-4-7-15/h2-11,13-14,22,24H,12H2,1H3. The van der Waals surface area contributed by atoms with E-state index in [-0.39, 0.29) is 0 Å². The Morgan fingerprint density at radius 2 is 1.96 bits per heavy atom. The average molecular weight is 329 g/mol. The Labute approximate surface area is 146 Å². The Morgan fingerprint density at radius 3 is 2.72 bits per heavy atom. The average Bonchev–Trinajstić information content (AvgIpc) is 3.37. The zero-order valence-electron chi connectivity index (χ0n) is 14.0. The molecule has 0 saturated carbocycles. The highest BCUT2D eigenvalue weighted by Gasteiger charge is 2.13. The summed E-state index contributed by atoms with van der Waals surface area (Å²) in [7, 11) is 1.68. The van der Waals surface area contributed by atoms with Gasteiger partial charge in [-0.05, 0) is 41.8 Å². The number of allylic oxidation sites excluding steroid dienone is 2. The fraction of sp³-hybridized carbons (Fsp3) is 0.0952. The number of benzene rings is 1. The third-order valence-electron chi connectivity index (χ3n) is 4.26. The van der Waals surface area contributed by atoms with Crippen molar-refractivity contribution in [3.63, 3.8) is 0 Å². The zero-order chi connectivity index (χ0) is 17.1. The lowest BCUT2D eigenvalue weighted by molar-refractivity contribution is 0.414. The largest absolute Gasteiger partial charge is 0.494 e. The molecule has 3 aromatic rings. The molecule has 0 radical (unpaired) electrons. The molecule has 0 fully saturated rings. The molecular formula is C21H19N3O. The zero-order valence-corrected chi connectivity index (χ0v) is 14.0. The topological polar surface area (TPSA) is 53.2 Å². The summed E-state index contributed by atoms with van der Waals surface area (Å²) < 4.78 is 5.53. The van der Waals surface area contributed by atoms with E-state index in [0.717, 1.165) is 34.9 Å². The van der Waals surface area contributed by atoms with Gasteiger partial charge in [0.25, 0.3) is 0 Å². The van der Waals surface area contributed by atoms with E-state index in [1.807, 2.05) is 42.8 Å². The van der Waals surface area contributed by atoms with Crippen LogP contribution in [0.5, 0.6) is 5.75 Å². The molecule has 2 N–H and O–H groups in total. The van der Waals surface area contributed by atoms with E-state index in [1.54, 1.807) is 7.11 Å². The van der Waals surface area contributed by atoms with Crippen LogP contribution in [-0.2, 0) is 6.42 Å². The van der Waals surface area contributed by atoms with Crippen molar-refractivity contribution in [3.8, 4) is 17.1 Å². The molecule has 1 aliphatic heterocycles. The van der Waals surface area contributed by atoms with Crippen LogP contribution >= 0.6 is 0 Å². The summed E-state index contributed by atoms with van der Waals surface area (Å²) in [6.45, 7) is 0. The predicted octanol–water partition coefficient (Wildman–Crippen LogP) is 4.61. The quantitative estimate of drug-likeness (QED) is 0.705. The first-order valence-corrected chi connectivity index (χ1v) is 8.23. The van der Waals surface area contributed by atoms with Crippen LogP contribution in [0.1, 0.15) is 11.3 Å². The van der Waals surface area contributed by atoms with E-state index in [2.05, 4.69) is 45.3 Å². The second-order valence-corrected chi connectivity index (χ2v) is 5.91. The molecule has 4 rings (SSSR count). The third-order valence-corrected chi connectivity index (χ3v) is 4.26. The third kappa shape index (κ3) is 3.19. The Balaban J connectivity index is 1.63. The highest BCUT2D eigenvalue weighted by molar-refractivity contribution is 5.83. The van der Waals surface area contributed by atoms with Gasteiger partial charge in [-0.1, -0.05) is 30.3 Å². The molecular weight excluding hydrogens is 310 g/mol. The van der Waals surface area contributed by atoms with Gasteiger partial charge < -0.3 is 14.7 Å². The molecule has 1 aliphatic rings. The van der Waals surface area contributed by atoms with E-state index in [1.165, 1.54) is 11.1 Å². The summed E-state index contributed by atoms with van der Waals surface area (Å²) in [5, 5.41) is 0. The van der Waals surface area contributed by atoms with E-state index in [9.17, 15) is 0 Å². The van der Waals surface area contributed by atoms with Crippen molar-refractivity contribution in [2.45, 2.75) is 6.42 Å². The van der Waals surface area contributed by atoms with Gasteiger partial charge in [0.05, 0.1) is 29.9 Å². The van der Waals surface area contributed by atoms with Crippen molar-refractivity contribution < 1.29 is 4.74 Å². The van der Waals surface area contributed by atoms with Gasteiger partial charge in [0, 0.05) is 18.5 Å². The van der Waals surface area contributed by atoms with Gasteiger partial charge in [0.15, 0.2) is 0 Å². The highest BCUT2D eigenvalue weighted by atomic mass is 16.5. The number of aliphatic imine (C=N–C) groups is 1. The van der Waals surface area contributed by atoms with Gasteiger partial charge >= 0.3 is 0 Å². The molecule has 0 spiro atoms. The number of aromatic nitrogens is 2. The number of nitrogens with one attached hydrogen (secondary N) is 2. The lowest BCUT2D eigenvalue weighted by atomic mass is 10.0.